The minimum atomic E-state index is -0.948. The largest absolute Gasteiger partial charge is 0.478 e. The molecule has 1 aromatic carbocycles. The molecule has 4 nitrogen and oxygen atoms in total. The molecule has 1 aliphatic carbocycles. The first-order valence-corrected chi connectivity index (χ1v) is 7.12. The summed E-state index contributed by atoms with van der Waals surface area (Å²) in [6, 6.07) is 6.47. The molecular formula is C16H21NO3. The second kappa shape index (κ2) is 6.07. The number of carboxylic acids is 1. The van der Waals surface area contributed by atoms with E-state index in [4.69, 9.17) is 5.11 Å². The fraction of sp³-hybridized carbons (Fsp3) is 0.500. The van der Waals surface area contributed by atoms with Crippen molar-refractivity contribution in [1.82, 2.24) is 5.32 Å². The van der Waals surface area contributed by atoms with Crippen LogP contribution in [0.15, 0.2) is 24.3 Å². The van der Waals surface area contributed by atoms with Crippen LogP contribution in [0, 0.1) is 0 Å². The van der Waals surface area contributed by atoms with Crippen molar-refractivity contribution in [3.63, 3.8) is 0 Å². The van der Waals surface area contributed by atoms with Crippen LogP contribution in [0.2, 0.25) is 0 Å². The standard InChI is InChI=1S/C16H21NO3/c1-16(9-3-2-4-10-16)17-14(18)11-12-5-7-13(8-6-12)15(19)20/h5-8H,2-4,9-11H2,1H3,(H,17,18)(H,19,20). The Morgan fingerprint density at radius 2 is 1.75 bits per heavy atom. The third-order valence-corrected chi connectivity index (χ3v) is 3.96. The number of amides is 1. The zero-order chi connectivity index (χ0) is 14.6. The number of rotatable bonds is 4. The molecule has 0 saturated heterocycles. The predicted octanol–water partition coefficient (Wildman–Crippen LogP) is 2.77. The number of nitrogens with one attached hydrogen (secondary N) is 1. The number of carbonyl (C=O) groups is 2. The van der Waals surface area contributed by atoms with Gasteiger partial charge >= 0.3 is 5.97 Å². The molecule has 1 fully saturated rings. The lowest BCUT2D eigenvalue weighted by Crippen LogP contribution is -2.47. The number of carboxylic acid groups (broad SMARTS) is 1. The van der Waals surface area contributed by atoms with E-state index in [9.17, 15) is 9.59 Å². The van der Waals surface area contributed by atoms with Gasteiger partial charge in [0.15, 0.2) is 0 Å². The van der Waals surface area contributed by atoms with Gasteiger partial charge in [0, 0.05) is 5.54 Å². The Labute approximate surface area is 119 Å². The van der Waals surface area contributed by atoms with E-state index in [0.717, 1.165) is 18.4 Å². The normalized spacial score (nSPS) is 17.4. The quantitative estimate of drug-likeness (QED) is 0.888. The minimum Gasteiger partial charge on any atom is -0.478 e. The molecule has 1 saturated carbocycles. The van der Waals surface area contributed by atoms with Crippen LogP contribution in [0.1, 0.15) is 54.9 Å². The van der Waals surface area contributed by atoms with Gasteiger partial charge in [0.1, 0.15) is 0 Å². The van der Waals surface area contributed by atoms with Crippen molar-refractivity contribution in [2.45, 2.75) is 51.0 Å². The van der Waals surface area contributed by atoms with E-state index in [0.29, 0.717) is 6.42 Å². The van der Waals surface area contributed by atoms with E-state index in [1.165, 1.54) is 31.4 Å². The highest BCUT2D eigenvalue weighted by Gasteiger charge is 2.28. The zero-order valence-electron chi connectivity index (χ0n) is 11.8. The smallest absolute Gasteiger partial charge is 0.335 e. The van der Waals surface area contributed by atoms with E-state index < -0.39 is 5.97 Å². The Bertz CT molecular complexity index is 487. The molecule has 2 rings (SSSR count). The van der Waals surface area contributed by atoms with E-state index in [2.05, 4.69) is 12.2 Å². The summed E-state index contributed by atoms with van der Waals surface area (Å²) in [5.74, 6) is -0.937. The number of carbonyl (C=O) groups excluding carboxylic acids is 1. The van der Waals surface area contributed by atoms with Gasteiger partial charge in [-0.3, -0.25) is 4.79 Å². The van der Waals surface area contributed by atoms with Crippen molar-refractivity contribution in [2.75, 3.05) is 0 Å². The Morgan fingerprint density at radius 3 is 2.30 bits per heavy atom. The molecule has 0 aromatic heterocycles. The Balaban J connectivity index is 1.92. The second-order valence-corrected chi connectivity index (χ2v) is 5.85. The molecule has 0 atom stereocenters. The summed E-state index contributed by atoms with van der Waals surface area (Å²) in [5, 5.41) is 12.0. The summed E-state index contributed by atoms with van der Waals surface area (Å²) in [6.45, 7) is 2.11. The summed E-state index contributed by atoms with van der Waals surface area (Å²) >= 11 is 0. The van der Waals surface area contributed by atoms with Crippen molar-refractivity contribution >= 4 is 11.9 Å². The van der Waals surface area contributed by atoms with Crippen LogP contribution < -0.4 is 5.32 Å². The van der Waals surface area contributed by atoms with Crippen LogP contribution >= 0.6 is 0 Å². The van der Waals surface area contributed by atoms with Gasteiger partial charge in [-0.15, -0.1) is 0 Å². The molecule has 0 aliphatic heterocycles. The lowest BCUT2D eigenvalue weighted by molar-refractivity contribution is -0.122. The number of hydrogen-bond donors (Lipinski definition) is 2. The molecule has 4 heteroatoms. The maximum Gasteiger partial charge on any atom is 0.335 e. The maximum atomic E-state index is 12.1. The Hall–Kier alpha value is -1.84. The monoisotopic (exact) mass is 275 g/mol. The first kappa shape index (κ1) is 14.6. The van der Waals surface area contributed by atoms with Gasteiger partial charge in [-0.25, -0.2) is 4.79 Å². The minimum absolute atomic E-state index is 0.0116. The van der Waals surface area contributed by atoms with Gasteiger partial charge in [0.05, 0.1) is 12.0 Å². The van der Waals surface area contributed by atoms with Gasteiger partial charge < -0.3 is 10.4 Å². The van der Waals surface area contributed by atoms with E-state index in [1.54, 1.807) is 12.1 Å². The molecule has 1 amide bonds. The average Bonchev–Trinajstić information content (AvgIpc) is 2.39. The number of aromatic carboxylic acids is 1. The molecular weight excluding hydrogens is 254 g/mol. The van der Waals surface area contributed by atoms with Gasteiger partial charge in [-0.2, -0.15) is 0 Å². The number of hydrogen-bond acceptors (Lipinski definition) is 2. The molecule has 108 valence electrons. The van der Waals surface area contributed by atoms with Crippen molar-refractivity contribution in [3.05, 3.63) is 35.4 Å². The summed E-state index contributed by atoms with van der Waals surface area (Å²) in [6.07, 6.45) is 5.97. The third-order valence-electron chi connectivity index (χ3n) is 3.96. The van der Waals surface area contributed by atoms with Crippen LogP contribution in [-0.2, 0) is 11.2 Å². The fourth-order valence-corrected chi connectivity index (χ4v) is 2.79. The molecule has 0 unspecified atom stereocenters. The molecule has 1 aliphatic rings. The molecule has 0 bridgehead atoms. The zero-order valence-corrected chi connectivity index (χ0v) is 11.8. The lowest BCUT2D eigenvalue weighted by Gasteiger charge is -2.34. The fourth-order valence-electron chi connectivity index (χ4n) is 2.79. The predicted molar refractivity (Wildman–Crippen MR) is 76.7 cm³/mol. The highest BCUT2D eigenvalue weighted by Crippen LogP contribution is 2.27. The van der Waals surface area contributed by atoms with Crippen LogP contribution in [0.25, 0.3) is 0 Å². The van der Waals surface area contributed by atoms with Crippen molar-refractivity contribution in [3.8, 4) is 0 Å². The summed E-state index contributed by atoms with van der Waals surface area (Å²) in [7, 11) is 0. The number of benzene rings is 1. The molecule has 0 heterocycles. The van der Waals surface area contributed by atoms with E-state index in [-0.39, 0.29) is 17.0 Å². The van der Waals surface area contributed by atoms with E-state index >= 15 is 0 Å². The van der Waals surface area contributed by atoms with Crippen LogP contribution in [0.5, 0.6) is 0 Å². The Kier molecular flexibility index (Phi) is 4.42. The molecule has 1 aromatic rings. The van der Waals surface area contributed by atoms with Gasteiger partial charge in [-0.05, 0) is 37.5 Å². The lowest BCUT2D eigenvalue weighted by atomic mass is 9.83. The molecule has 0 spiro atoms. The van der Waals surface area contributed by atoms with Crippen LogP contribution in [0.4, 0.5) is 0 Å². The topological polar surface area (TPSA) is 66.4 Å². The van der Waals surface area contributed by atoms with Gasteiger partial charge in [0.25, 0.3) is 0 Å². The molecule has 2 N–H and O–H groups in total. The third kappa shape index (κ3) is 3.83. The SMILES string of the molecule is CC1(NC(=O)Cc2ccc(C(=O)O)cc2)CCCCC1. The van der Waals surface area contributed by atoms with Gasteiger partial charge in [-0.1, -0.05) is 31.4 Å². The Morgan fingerprint density at radius 1 is 1.15 bits per heavy atom. The first-order chi connectivity index (χ1) is 9.48. The summed E-state index contributed by atoms with van der Waals surface area (Å²) in [5.41, 5.74) is 1.01. The maximum absolute atomic E-state index is 12.1. The van der Waals surface area contributed by atoms with E-state index in [1.807, 2.05) is 0 Å². The van der Waals surface area contributed by atoms with Crippen molar-refractivity contribution in [1.29, 1.82) is 0 Å². The highest BCUT2D eigenvalue weighted by molar-refractivity contribution is 5.87. The van der Waals surface area contributed by atoms with Gasteiger partial charge in [0.2, 0.25) is 5.91 Å². The van der Waals surface area contributed by atoms with Crippen LogP contribution in [0.3, 0.4) is 0 Å². The van der Waals surface area contributed by atoms with Crippen molar-refractivity contribution in [2.24, 2.45) is 0 Å². The second-order valence-electron chi connectivity index (χ2n) is 5.85. The molecule has 20 heavy (non-hydrogen) atoms. The van der Waals surface area contributed by atoms with Crippen molar-refractivity contribution < 1.29 is 14.7 Å². The highest BCUT2D eigenvalue weighted by atomic mass is 16.4. The average molecular weight is 275 g/mol. The summed E-state index contributed by atoms with van der Waals surface area (Å²) in [4.78, 5) is 22.8. The summed E-state index contributed by atoms with van der Waals surface area (Å²) < 4.78 is 0. The van der Waals surface area contributed by atoms with Crippen LogP contribution in [-0.4, -0.2) is 22.5 Å². The first-order valence-electron chi connectivity index (χ1n) is 7.12. The molecule has 0 radical (unpaired) electrons.